The number of hydrogen-bond acceptors (Lipinski definition) is 4. The zero-order valence-electron chi connectivity index (χ0n) is 24.8. The van der Waals surface area contributed by atoms with Gasteiger partial charge in [0.15, 0.2) is 5.78 Å². The summed E-state index contributed by atoms with van der Waals surface area (Å²) in [5.41, 5.74) is 4.36. The van der Waals surface area contributed by atoms with E-state index in [1.807, 2.05) is 40.0 Å². The Labute approximate surface area is 259 Å². The van der Waals surface area contributed by atoms with E-state index in [0.29, 0.717) is 0 Å². The molecule has 42 heavy (non-hydrogen) atoms. The van der Waals surface area contributed by atoms with Gasteiger partial charge in [-0.2, -0.15) is 0 Å². The molecule has 0 aliphatic heterocycles. The summed E-state index contributed by atoms with van der Waals surface area (Å²) in [6.45, 7) is 10.1. The second-order valence-corrected chi connectivity index (χ2v) is 11.0. The van der Waals surface area contributed by atoms with Crippen LogP contribution in [0.2, 0.25) is 0 Å². The Morgan fingerprint density at radius 1 is 0.929 bits per heavy atom. The summed E-state index contributed by atoms with van der Waals surface area (Å²) >= 11 is 0. The van der Waals surface area contributed by atoms with Gasteiger partial charge in [0.25, 0.3) is 0 Å². The molecule has 5 nitrogen and oxygen atoms in total. The number of ketones is 1. The topological polar surface area (TPSA) is 67.5 Å². The van der Waals surface area contributed by atoms with Crippen molar-refractivity contribution in [1.29, 1.82) is 0 Å². The average molecular weight is 735 g/mol. The Bertz CT molecular complexity index is 2050. The maximum absolute atomic E-state index is 11.7. The molecule has 0 fully saturated rings. The minimum atomic E-state index is 0. The zero-order chi connectivity index (χ0) is 28.8. The van der Waals surface area contributed by atoms with Gasteiger partial charge in [0.05, 0.1) is 16.8 Å². The molecule has 3 aromatic heterocycles. The first-order valence-electron chi connectivity index (χ1n) is 14.8. The van der Waals surface area contributed by atoms with Gasteiger partial charge >= 0.3 is 0 Å². The largest absolute Gasteiger partial charge is 0.512 e. The first kappa shape index (κ1) is 29.9. The standard InChI is InChI=1S/C23H12N3.C13H24O2.Ir/c1-12-25-17-11-24-22-16-7-3-2-6-14(16)15-10-9-13-5-4-8-18-19(13)20(15)21(22)23(17)26(12)18;1-5-10(6-2)12(14)9-13(15)11(7-3)8-4;/h2-6,8-11H,1H3;9-11,14H,5-8H2,1-4H3;/q-1;;/b;12-9-;. The fraction of sp³-hybridized carbons (Fsp3) is 0.306. The number of imidazole rings is 1. The predicted octanol–water partition coefficient (Wildman–Crippen LogP) is 9.35. The molecule has 0 amide bonds. The van der Waals surface area contributed by atoms with E-state index in [0.717, 1.165) is 47.9 Å². The van der Waals surface area contributed by atoms with Crippen LogP contribution in [0.15, 0.2) is 66.6 Å². The Morgan fingerprint density at radius 3 is 2.38 bits per heavy atom. The van der Waals surface area contributed by atoms with Gasteiger partial charge in [0, 0.05) is 49.6 Å². The van der Waals surface area contributed by atoms with Crippen LogP contribution in [0, 0.1) is 24.8 Å². The maximum atomic E-state index is 11.7. The number of aliphatic hydroxyl groups is 1. The van der Waals surface area contributed by atoms with Crippen LogP contribution < -0.4 is 0 Å². The van der Waals surface area contributed by atoms with E-state index in [4.69, 9.17) is 9.97 Å². The smallest absolute Gasteiger partial charge is 0.162 e. The van der Waals surface area contributed by atoms with Gasteiger partial charge in [-0.1, -0.05) is 62.7 Å². The number of rotatable bonds is 7. The Hall–Kier alpha value is -3.60. The number of aliphatic hydroxyl groups excluding tert-OH is 1. The van der Waals surface area contributed by atoms with Crippen molar-refractivity contribution in [3.63, 3.8) is 0 Å². The van der Waals surface area contributed by atoms with E-state index in [2.05, 4.69) is 59.9 Å². The van der Waals surface area contributed by atoms with Crippen molar-refractivity contribution in [1.82, 2.24) is 14.4 Å². The molecule has 0 saturated heterocycles. The number of carbonyl (C=O) groups is 1. The molecule has 0 aliphatic carbocycles. The Morgan fingerprint density at radius 2 is 1.67 bits per heavy atom. The third kappa shape index (κ3) is 4.62. The van der Waals surface area contributed by atoms with Gasteiger partial charge in [-0.3, -0.25) is 9.20 Å². The van der Waals surface area contributed by atoms with E-state index in [-0.39, 0.29) is 43.5 Å². The average Bonchev–Trinajstić information content (AvgIpc) is 3.34. The number of aryl methyl sites for hydroxylation is 1. The second kappa shape index (κ2) is 11.9. The first-order valence-corrected chi connectivity index (χ1v) is 14.8. The number of pyridine rings is 2. The fourth-order valence-electron chi connectivity index (χ4n) is 6.57. The molecule has 6 heteroatoms. The van der Waals surface area contributed by atoms with Crippen LogP contribution in [0.5, 0.6) is 0 Å². The van der Waals surface area contributed by atoms with Crippen molar-refractivity contribution < 1.29 is 30.0 Å². The van der Waals surface area contributed by atoms with Crippen LogP contribution >= 0.6 is 0 Å². The molecular formula is C36H36IrN3O2-. The van der Waals surface area contributed by atoms with Gasteiger partial charge in [-0.25, -0.2) is 4.98 Å². The summed E-state index contributed by atoms with van der Waals surface area (Å²) in [6, 6.07) is 20.6. The summed E-state index contributed by atoms with van der Waals surface area (Å²) in [4.78, 5) is 21.3. The normalized spacial score (nSPS) is 12.4. The number of hydrogen-bond donors (Lipinski definition) is 1. The predicted molar refractivity (Wildman–Crippen MR) is 170 cm³/mol. The summed E-state index contributed by atoms with van der Waals surface area (Å²) in [6.07, 6.45) is 6.81. The van der Waals surface area contributed by atoms with Crippen LogP contribution in [-0.2, 0) is 24.9 Å². The monoisotopic (exact) mass is 735 g/mol. The minimum Gasteiger partial charge on any atom is -0.512 e. The number of benzene rings is 4. The van der Waals surface area contributed by atoms with E-state index in [1.165, 1.54) is 49.4 Å². The van der Waals surface area contributed by atoms with Crippen molar-refractivity contribution in [2.45, 2.75) is 60.3 Å². The number of allylic oxidation sites excluding steroid dienone is 2. The number of carbonyl (C=O) groups excluding carboxylic acids is 1. The van der Waals surface area contributed by atoms with Crippen LogP contribution in [-0.4, -0.2) is 25.3 Å². The molecule has 1 radical (unpaired) electrons. The van der Waals surface area contributed by atoms with Crippen molar-refractivity contribution in [3.8, 4) is 0 Å². The molecule has 7 rings (SSSR count). The molecule has 217 valence electrons. The van der Waals surface area contributed by atoms with Crippen LogP contribution in [0.1, 0.15) is 59.2 Å². The molecular weight excluding hydrogens is 699 g/mol. The van der Waals surface area contributed by atoms with Crippen molar-refractivity contribution in [2.75, 3.05) is 0 Å². The molecule has 0 aliphatic rings. The van der Waals surface area contributed by atoms with E-state index in [1.54, 1.807) is 0 Å². The van der Waals surface area contributed by atoms with E-state index < -0.39 is 0 Å². The summed E-state index contributed by atoms with van der Waals surface area (Å²) < 4.78 is 2.29. The van der Waals surface area contributed by atoms with Gasteiger partial charge < -0.3 is 10.1 Å². The molecule has 1 N–H and O–H groups in total. The maximum Gasteiger partial charge on any atom is 0.162 e. The van der Waals surface area contributed by atoms with E-state index >= 15 is 0 Å². The van der Waals surface area contributed by atoms with Crippen LogP contribution in [0.4, 0.5) is 0 Å². The number of nitrogens with zero attached hydrogens (tertiary/aromatic N) is 3. The van der Waals surface area contributed by atoms with Gasteiger partial charge in [-0.05, 0) is 60.3 Å². The zero-order valence-corrected chi connectivity index (χ0v) is 27.2. The van der Waals surface area contributed by atoms with Crippen molar-refractivity contribution in [3.05, 3.63) is 78.5 Å². The summed E-state index contributed by atoms with van der Waals surface area (Å²) in [5, 5.41) is 18.4. The fourth-order valence-corrected chi connectivity index (χ4v) is 6.57. The van der Waals surface area contributed by atoms with Gasteiger partial charge in [0.2, 0.25) is 0 Å². The second-order valence-electron chi connectivity index (χ2n) is 11.0. The first-order chi connectivity index (χ1) is 19.9. The quantitative estimate of drug-likeness (QED) is 0.0583. The van der Waals surface area contributed by atoms with Crippen LogP contribution in [0.3, 0.4) is 0 Å². The Balaban J connectivity index is 0.000000193. The molecule has 0 spiro atoms. The third-order valence-electron chi connectivity index (χ3n) is 8.84. The molecule has 0 bridgehead atoms. The molecule has 4 aromatic carbocycles. The SMILES string of the molecule is CCC(CC)C(=O)/C=C(\O)C(CC)CC.Cc1nc2cnc3c4[c-]cccc4c4ccc5cccc6c5c4c3c2n16.[Ir]. The van der Waals surface area contributed by atoms with Crippen LogP contribution in [0.25, 0.3) is 59.8 Å². The third-order valence-corrected chi connectivity index (χ3v) is 8.84. The van der Waals surface area contributed by atoms with E-state index in [9.17, 15) is 9.90 Å². The van der Waals surface area contributed by atoms with Crippen molar-refractivity contribution >= 4 is 65.6 Å². The molecule has 7 aromatic rings. The summed E-state index contributed by atoms with van der Waals surface area (Å²) in [5.74, 6) is 1.55. The van der Waals surface area contributed by atoms with Gasteiger partial charge in [0.1, 0.15) is 11.3 Å². The molecule has 3 heterocycles. The molecule has 0 saturated carbocycles. The number of fused-ring (bicyclic) bond motifs is 4. The van der Waals surface area contributed by atoms with Gasteiger partial charge in [-0.15, -0.1) is 29.7 Å². The summed E-state index contributed by atoms with van der Waals surface area (Å²) in [7, 11) is 0. The molecule has 0 atom stereocenters. The van der Waals surface area contributed by atoms with Crippen molar-refractivity contribution in [2.24, 2.45) is 11.8 Å². The minimum absolute atomic E-state index is 0. The Kier molecular flexibility index (Phi) is 8.50. The number of aromatic nitrogens is 3. The molecule has 0 unspecified atom stereocenters.